The van der Waals surface area contributed by atoms with E-state index in [0.717, 1.165) is 0 Å². The molecular weight excluding hydrogens is 532 g/mol. The lowest BCUT2D eigenvalue weighted by Crippen LogP contribution is -2.45. The first-order valence-corrected chi connectivity index (χ1v) is 13.3. The SMILES string of the molecule is CNCC(=O)Oc1cc(C[C@H](NC(=O)OC(C)CC(=O)C(C)C)C(=O)OC(C)C)ccc1OC(=O)c1ccccc1. The molecule has 0 spiro atoms. The molecule has 0 saturated carbocycles. The monoisotopic (exact) mass is 570 g/mol. The first kappa shape index (κ1) is 33.0. The van der Waals surface area contributed by atoms with E-state index in [1.54, 1.807) is 78.1 Å². The number of nitrogens with one attached hydrogen (secondary N) is 2. The second kappa shape index (κ2) is 16.1. The lowest BCUT2D eigenvalue weighted by atomic mass is 10.0. The molecule has 11 nitrogen and oxygen atoms in total. The zero-order valence-corrected chi connectivity index (χ0v) is 24.2. The van der Waals surface area contributed by atoms with Crippen LogP contribution in [0.5, 0.6) is 11.5 Å². The number of carbonyl (C=O) groups excluding carboxylic acids is 5. The molecule has 0 bridgehead atoms. The van der Waals surface area contributed by atoms with E-state index in [1.165, 1.54) is 12.1 Å². The van der Waals surface area contributed by atoms with Gasteiger partial charge in [-0.2, -0.15) is 0 Å². The number of esters is 3. The van der Waals surface area contributed by atoms with Crippen molar-refractivity contribution >= 4 is 29.8 Å². The Kier molecular flexibility index (Phi) is 13.0. The lowest BCUT2D eigenvalue weighted by Gasteiger charge is -2.21. The number of benzene rings is 2. The van der Waals surface area contributed by atoms with Gasteiger partial charge in [-0.3, -0.25) is 9.59 Å². The van der Waals surface area contributed by atoms with E-state index in [1.807, 2.05) is 0 Å². The first-order valence-electron chi connectivity index (χ1n) is 13.3. The zero-order chi connectivity index (χ0) is 30.5. The van der Waals surface area contributed by atoms with Gasteiger partial charge < -0.3 is 29.6 Å². The van der Waals surface area contributed by atoms with E-state index < -0.39 is 42.3 Å². The summed E-state index contributed by atoms with van der Waals surface area (Å²) in [4.78, 5) is 62.3. The Morgan fingerprint density at radius 3 is 2.12 bits per heavy atom. The van der Waals surface area contributed by atoms with E-state index in [-0.39, 0.29) is 42.6 Å². The summed E-state index contributed by atoms with van der Waals surface area (Å²) in [5.74, 6) is -2.33. The Morgan fingerprint density at radius 2 is 1.51 bits per heavy atom. The van der Waals surface area contributed by atoms with Gasteiger partial charge in [-0.05, 0) is 57.6 Å². The van der Waals surface area contributed by atoms with Crippen molar-refractivity contribution in [2.45, 2.75) is 65.7 Å². The first-order chi connectivity index (χ1) is 19.4. The quantitative estimate of drug-likeness (QED) is 0.255. The number of hydrogen-bond donors (Lipinski definition) is 2. The summed E-state index contributed by atoms with van der Waals surface area (Å²) in [7, 11) is 1.57. The molecule has 1 unspecified atom stereocenters. The highest BCUT2D eigenvalue weighted by molar-refractivity contribution is 5.91. The van der Waals surface area contributed by atoms with Crippen molar-refractivity contribution in [2.24, 2.45) is 5.92 Å². The summed E-state index contributed by atoms with van der Waals surface area (Å²) in [6, 6.07) is 11.6. The van der Waals surface area contributed by atoms with Gasteiger partial charge in [0.15, 0.2) is 11.5 Å². The van der Waals surface area contributed by atoms with Crippen LogP contribution in [-0.4, -0.2) is 61.6 Å². The van der Waals surface area contributed by atoms with Crippen LogP contribution < -0.4 is 20.1 Å². The molecule has 222 valence electrons. The molecule has 2 rings (SSSR count). The normalized spacial score (nSPS) is 12.3. The Bertz CT molecular complexity index is 1210. The average molecular weight is 571 g/mol. The zero-order valence-electron chi connectivity index (χ0n) is 24.2. The third-order valence-corrected chi connectivity index (χ3v) is 5.57. The highest BCUT2D eigenvalue weighted by atomic mass is 16.6. The van der Waals surface area contributed by atoms with Gasteiger partial charge in [0.05, 0.1) is 18.2 Å². The van der Waals surface area contributed by atoms with E-state index >= 15 is 0 Å². The van der Waals surface area contributed by atoms with Crippen molar-refractivity contribution in [3.63, 3.8) is 0 Å². The number of amides is 1. The molecular formula is C30H38N2O9. The maximum Gasteiger partial charge on any atom is 0.408 e. The van der Waals surface area contributed by atoms with Gasteiger partial charge in [0.25, 0.3) is 0 Å². The second-order valence-electron chi connectivity index (χ2n) is 9.97. The van der Waals surface area contributed by atoms with Gasteiger partial charge in [0.2, 0.25) is 0 Å². The number of likely N-dealkylation sites (N-methyl/N-ethyl adjacent to an activating group) is 1. The second-order valence-corrected chi connectivity index (χ2v) is 9.97. The molecule has 11 heteroatoms. The third kappa shape index (κ3) is 11.4. The van der Waals surface area contributed by atoms with Crippen LogP contribution in [0.4, 0.5) is 4.79 Å². The van der Waals surface area contributed by atoms with Crippen LogP contribution in [-0.2, 0) is 30.3 Å². The van der Waals surface area contributed by atoms with Crippen molar-refractivity contribution in [3.8, 4) is 11.5 Å². The van der Waals surface area contributed by atoms with E-state index in [0.29, 0.717) is 11.1 Å². The molecule has 0 heterocycles. The Labute approximate surface area is 239 Å². The molecule has 2 N–H and O–H groups in total. The van der Waals surface area contributed by atoms with Gasteiger partial charge in [-0.25, -0.2) is 14.4 Å². The largest absolute Gasteiger partial charge is 0.461 e. The Balaban J connectivity index is 2.28. The molecule has 0 aromatic heterocycles. The van der Waals surface area contributed by atoms with Crippen molar-refractivity contribution in [2.75, 3.05) is 13.6 Å². The maximum absolute atomic E-state index is 12.9. The smallest absolute Gasteiger partial charge is 0.408 e. The summed E-state index contributed by atoms with van der Waals surface area (Å²) in [5, 5.41) is 5.19. The van der Waals surface area contributed by atoms with Crippen LogP contribution >= 0.6 is 0 Å². The minimum absolute atomic E-state index is 0.00984. The third-order valence-electron chi connectivity index (χ3n) is 5.57. The number of rotatable bonds is 14. The maximum atomic E-state index is 12.9. The molecule has 0 fully saturated rings. The van der Waals surface area contributed by atoms with Crippen molar-refractivity contribution in [1.29, 1.82) is 0 Å². The van der Waals surface area contributed by atoms with Crippen molar-refractivity contribution < 1.29 is 42.9 Å². The summed E-state index contributed by atoms with van der Waals surface area (Å²) in [5.41, 5.74) is 0.762. The van der Waals surface area contributed by atoms with Crippen LogP contribution in [0.1, 0.15) is 57.0 Å². The summed E-state index contributed by atoms with van der Waals surface area (Å²) in [6.07, 6.45) is -2.08. The Morgan fingerprint density at radius 1 is 0.829 bits per heavy atom. The fraction of sp³-hybridized carbons (Fsp3) is 0.433. The lowest BCUT2D eigenvalue weighted by molar-refractivity contribution is -0.150. The molecule has 2 aromatic carbocycles. The topological polar surface area (TPSA) is 146 Å². The van der Waals surface area contributed by atoms with Gasteiger partial charge >= 0.3 is 24.0 Å². The molecule has 41 heavy (non-hydrogen) atoms. The molecule has 0 aliphatic heterocycles. The molecule has 2 aromatic rings. The van der Waals surface area contributed by atoms with Gasteiger partial charge in [-0.15, -0.1) is 0 Å². The predicted octanol–water partition coefficient (Wildman–Crippen LogP) is 3.62. The average Bonchev–Trinajstić information content (AvgIpc) is 2.89. The molecule has 0 aliphatic carbocycles. The summed E-state index contributed by atoms with van der Waals surface area (Å²) in [6.45, 7) is 8.33. The highest BCUT2D eigenvalue weighted by Crippen LogP contribution is 2.30. The fourth-order valence-electron chi connectivity index (χ4n) is 3.54. The van der Waals surface area contributed by atoms with Crippen molar-refractivity contribution in [3.05, 3.63) is 59.7 Å². The van der Waals surface area contributed by atoms with Crippen molar-refractivity contribution in [1.82, 2.24) is 10.6 Å². The van der Waals surface area contributed by atoms with E-state index in [2.05, 4.69) is 10.6 Å². The number of alkyl carbamates (subject to hydrolysis) is 1. The van der Waals surface area contributed by atoms with E-state index in [9.17, 15) is 24.0 Å². The van der Waals surface area contributed by atoms with Gasteiger partial charge in [-0.1, -0.05) is 38.1 Å². The summed E-state index contributed by atoms with van der Waals surface area (Å²) >= 11 is 0. The van der Waals surface area contributed by atoms with Gasteiger partial charge in [0, 0.05) is 18.8 Å². The van der Waals surface area contributed by atoms with E-state index in [4.69, 9.17) is 18.9 Å². The minimum atomic E-state index is -1.17. The number of carbonyl (C=O) groups is 5. The standard InChI is InChI=1S/C30H38N2O9/c1-18(2)24(33)14-20(5)39-30(37)32-23(29(36)38-19(3)4)15-21-12-13-25(26(16-21)40-27(34)17-31-6)41-28(35)22-10-8-7-9-11-22/h7-13,16,18-20,23,31H,14-15,17H2,1-6H3,(H,32,37)/t20?,23-/m0/s1. The molecule has 0 radical (unpaired) electrons. The molecule has 0 aliphatic rings. The number of ether oxygens (including phenoxy) is 4. The molecule has 1 amide bonds. The minimum Gasteiger partial charge on any atom is -0.461 e. The Hall–Kier alpha value is -4.25. The highest BCUT2D eigenvalue weighted by Gasteiger charge is 2.27. The van der Waals surface area contributed by atoms with Crippen LogP contribution in [0.2, 0.25) is 0 Å². The number of ketones is 1. The number of hydrogen-bond acceptors (Lipinski definition) is 10. The molecule has 0 saturated heterocycles. The van der Waals surface area contributed by atoms with Crippen LogP contribution in [0, 0.1) is 5.92 Å². The van der Waals surface area contributed by atoms with Crippen LogP contribution in [0.3, 0.4) is 0 Å². The van der Waals surface area contributed by atoms with Gasteiger partial charge in [0.1, 0.15) is 17.9 Å². The predicted molar refractivity (Wildman–Crippen MR) is 150 cm³/mol. The molecule has 2 atom stereocenters. The van der Waals surface area contributed by atoms with Crippen LogP contribution in [0.15, 0.2) is 48.5 Å². The fourth-order valence-corrected chi connectivity index (χ4v) is 3.54. The number of Topliss-reactive ketones (excluding diaryl/α,β-unsaturated/α-hetero) is 1. The summed E-state index contributed by atoms with van der Waals surface area (Å²) < 4.78 is 21.5. The van der Waals surface area contributed by atoms with Crippen LogP contribution in [0.25, 0.3) is 0 Å².